The molecule has 1 N–H and O–H groups in total. The summed E-state index contributed by atoms with van der Waals surface area (Å²) in [6, 6.07) is 18.1. The third-order valence-corrected chi connectivity index (χ3v) is 4.44. The predicted octanol–water partition coefficient (Wildman–Crippen LogP) is 3.73. The van der Waals surface area contributed by atoms with E-state index in [0.29, 0.717) is 0 Å². The number of rotatable bonds is 4. The number of aliphatic hydroxyl groups is 1. The molecular weight excluding hydrogens is 302 g/mol. The smallest absolute Gasteiger partial charge is 0.290 e. The third kappa shape index (κ3) is 2.60. The van der Waals surface area contributed by atoms with Crippen LogP contribution in [-0.2, 0) is 9.59 Å². The highest BCUT2D eigenvalue weighted by molar-refractivity contribution is 6.08. The fourth-order valence-electron chi connectivity index (χ4n) is 3.24. The lowest BCUT2D eigenvalue weighted by molar-refractivity contribution is -0.131. The molecule has 2 unspecified atom stereocenters. The van der Waals surface area contributed by atoms with Crippen LogP contribution in [0.1, 0.15) is 37.1 Å². The minimum absolute atomic E-state index is 0.161. The molecule has 0 aliphatic carbocycles. The Morgan fingerprint density at radius 3 is 2.12 bits per heavy atom. The Kier molecular flexibility index (Phi) is 4.21. The van der Waals surface area contributed by atoms with Crippen molar-refractivity contribution in [3.05, 3.63) is 83.1 Å². The second-order valence-corrected chi connectivity index (χ2v) is 5.93. The summed E-state index contributed by atoms with van der Waals surface area (Å²) in [5.74, 6) is -1.25. The maximum Gasteiger partial charge on any atom is 0.290 e. The number of carbonyl (C=O) groups is 2. The summed E-state index contributed by atoms with van der Waals surface area (Å²) in [6.07, 6.45) is 0. The predicted molar refractivity (Wildman–Crippen MR) is 91.2 cm³/mol. The van der Waals surface area contributed by atoms with Gasteiger partial charge in [0, 0.05) is 0 Å². The van der Waals surface area contributed by atoms with Crippen molar-refractivity contribution in [2.75, 3.05) is 0 Å². The van der Waals surface area contributed by atoms with E-state index in [1.54, 1.807) is 4.90 Å². The lowest BCUT2D eigenvalue weighted by Gasteiger charge is -2.32. The van der Waals surface area contributed by atoms with Crippen LogP contribution in [0.4, 0.5) is 0 Å². The molecule has 0 saturated carbocycles. The van der Waals surface area contributed by atoms with Gasteiger partial charge in [-0.05, 0) is 25.0 Å². The fourth-order valence-corrected chi connectivity index (χ4v) is 3.24. The Morgan fingerprint density at radius 1 is 1.04 bits per heavy atom. The topological polar surface area (TPSA) is 57.6 Å². The van der Waals surface area contributed by atoms with Gasteiger partial charge in [0.1, 0.15) is 0 Å². The molecule has 24 heavy (non-hydrogen) atoms. The van der Waals surface area contributed by atoms with Crippen LogP contribution in [0.5, 0.6) is 0 Å². The first-order chi connectivity index (χ1) is 11.5. The zero-order valence-corrected chi connectivity index (χ0v) is 13.6. The Labute approximate surface area is 141 Å². The maximum absolute atomic E-state index is 12.7. The quantitative estimate of drug-likeness (QED) is 0.933. The Bertz CT molecular complexity index is 796. The van der Waals surface area contributed by atoms with Gasteiger partial charge in [-0.15, -0.1) is 0 Å². The minimum atomic E-state index is -0.577. The van der Waals surface area contributed by atoms with E-state index in [-0.39, 0.29) is 17.4 Å². The zero-order valence-electron chi connectivity index (χ0n) is 13.6. The Balaban J connectivity index is 2.11. The van der Waals surface area contributed by atoms with Gasteiger partial charge in [0.2, 0.25) is 0 Å². The van der Waals surface area contributed by atoms with Crippen LogP contribution in [0.25, 0.3) is 0 Å². The molecule has 1 amide bonds. The van der Waals surface area contributed by atoms with Crippen molar-refractivity contribution in [3.8, 4) is 0 Å². The van der Waals surface area contributed by atoms with Crippen LogP contribution < -0.4 is 0 Å². The molecule has 0 saturated heterocycles. The molecule has 0 fully saturated rings. The molecule has 2 atom stereocenters. The van der Waals surface area contributed by atoms with Crippen LogP contribution >= 0.6 is 0 Å². The van der Waals surface area contributed by atoms with E-state index in [0.717, 1.165) is 11.1 Å². The van der Waals surface area contributed by atoms with E-state index in [4.69, 9.17) is 0 Å². The van der Waals surface area contributed by atoms with Gasteiger partial charge < -0.3 is 10.0 Å². The van der Waals surface area contributed by atoms with Gasteiger partial charge in [0.15, 0.2) is 11.5 Å². The van der Waals surface area contributed by atoms with Gasteiger partial charge in [-0.25, -0.2) is 0 Å². The molecule has 3 rings (SSSR count). The van der Waals surface area contributed by atoms with Crippen molar-refractivity contribution in [1.29, 1.82) is 0 Å². The van der Waals surface area contributed by atoms with Gasteiger partial charge >= 0.3 is 0 Å². The number of amides is 1. The number of aliphatic hydroxyl groups excluding tert-OH is 1. The second-order valence-electron chi connectivity index (χ2n) is 5.93. The van der Waals surface area contributed by atoms with E-state index in [2.05, 4.69) is 0 Å². The maximum atomic E-state index is 12.7. The minimum Gasteiger partial charge on any atom is -0.503 e. The first-order valence-corrected chi connectivity index (χ1v) is 7.89. The van der Waals surface area contributed by atoms with Gasteiger partial charge in [-0.3, -0.25) is 9.59 Å². The molecule has 0 bridgehead atoms. The highest BCUT2D eigenvalue weighted by Gasteiger charge is 2.44. The average molecular weight is 321 g/mol. The van der Waals surface area contributed by atoms with Crippen molar-refractivity contribution in [1.82, 2.24) is 4.90 Å². The number of nitrogens with zero attached hydrogens (tertiary/aromatic N) is 1. The second kappa shape index (κ2) is 6.32. The van der Waals surface area contributed by atoms with Gasteiger partial charge in [-0.2, -0.15) is 0 Å². The number of benzene rings is 2. The highest BCUT2D eigenvalue weighted by Crippen LogP contribution is 2.42. The van der Waals surface area contributed by atoms with Crippen LogP contribution in [0.2, 0.25) is 0 Å². The number of hydrogen-bond acceptors (Lipinski definition) is 3. The summed E-state index contributed by atoms with van der Waals surface area (Å²) in [5.41, 5.74) is 1.92. The van der Waals surface area contributed by atoms with E-state index in [1.807, 2.05) is 67.6 Å². The van der Waals surface area contributed by atoms with Crippen molar-refractivity contribution in [2.24, 2.45) is 0 Å². The first kappa shape index (κ1) is 16.0. The summed E-state index contributed by atoms with van der Waals surface area (Å²) < 4.78 is 0. The zero-order chi connectivity index (χ0) is 17.3. The van der Waals surface area contributed by atoms with Gasteiger partial charge in [0.05, 0.1) is 17.7 Å². The Hall–Kier alpha value is -2.88. The summed E-state index contributed by atoms with van der Waals surface area (Å²) in [4.78, 5) is 26.4. The molecular formula is C20H19NO3. The first-order valence-electron chi connectivity index (χ1n) is 7.89. The molecule has 0 radical (unpaired) electrons. The van der Waals surface area contributed by atoms with E-state index < -0.39 is 17.7 Å². The largest absolute Gasteiger partial charge is 0.503 e. The van der Waals surface area contributed by atoms with Crippen molar-refractivity contribution < 1.29 is 14.7 Å². The molecule has 1 aliphatic rings. The molecule has 1 heterocycles. The van der Waals surface area contributed by atoms with E-state index in [9.17, 15) is 14.7 Å². The average Bonchev–Trinajstić information content (AvgIpc) is 2.87. The normalized spacial score (nSPS) is 18.8. The molecule has 0 aromatic heterocycles. The summed E-state index contributed by atoms with van der Waals surface area (Å²) in [6.45, 7) is 3.28. The summed E-state index contributed by atoms with van der Waals surface area (Å²) >= 11 is 0. The molecule has 2 aromatic rings. The van der Waals surface area contributed by atoms with E-state index >= 15 is 0 Å². The van der Waals surface area contributed by atoms with Crippen molar-refractivity contribution in [2.45, 2.75) is 25.9 Å². The number of Topliss-reactive ketones (excluding diaryl/α,β-unsaturated/α-hetero) is 1. The van der Waals surface area contributed by atoms with Crippen LogP contribution in [-0.4, -0.2) is 21.7 Å². The standard InChI is InChI=1S/C20H19NO3/c1-13(15-9-5-3-6-10-15)21-18(16-11-7-4-8-12-16)17(14(2)22)19(23)20(21)24/h3-13,18,23H,1-2H3. The summed E-state index contributed by atoms with van der Waals surface area (Å²) in [7, 11) is 0. The fraction of sp³-hybridized carbons (Fsp3) is 0.200. The van der Waals surface area contributed by atoms with Gasteiger partial charge in [-0.1, -0.05) is 60.7 Å². The van der Waals surface area contributed by atoms with Crippen LogP contribution in [0.3, 0.4) is 0 Å². The lowest BCUT2D eigenvalue weighted by Crippen LogP contribution is -2.33. The Morgan fingerprint density at radius 2 is 1.58 bits per heavy atom. The molecule has 4 nitrogen and oxygen atoms in total. The molecule has 0 spiro atoms. The van der Waals surface area contributed by atoms with Gasteiger partial charge in [0.25, 0.3) is 5.91 Å². The monoisotopic (exact) mass is 321 g/mol. The van der Waals surface area contributed by atoms with Crippen LogP contribution in [0.15, 0.2) is 72.0 Å². The van der Waals surface area contributed by atoms with Crippen LogP contribution in [0, 0.1) is 0 Å². The number of ketones is 1. The van der Waals surface area contributed by atoms with Crippen molar-refractivity contribution in [3.63, 3.8) is 0 Å². The molecule has 1 aliphatic heterocycles. The molecule has 4 heteroatoms. The highest BCUT2D eigenvalue weighted by atomic mass is 16.3. The van der Waals surface area contributed by atoms with E-state index in [1.165, 1.54) is 6.92 Å². The molecule has 2 aromatic carbocycles. The lowest BCUT2D eigenvalue weighted by atomic mass is 9.95. The summed E-state index contributed by atoms with van der Waals surface area (Å²) in [5, 5.41) is 10.3. The number of carbonyl (C=O) groups excluding carboxylic acids is 2. The third-order valence-electron chi connectivity index (χ3n) is 4.44. The molecule has 122 valence electrons. The number of hydrogen-bond donors (Lipinski definition) is 1. The SMILES string of the molecule is CC(=O)C1=C(O)C(=O)N(C(C)c2ccccc2)C1c1ccccc1. The van der Waals surface area contributed by atoms with Crippen molar-refractivity contribution >= 4 is 11.7 Å².